The van der Waals surface area contributed by atoms with Gasteiger partial charge in [-0.2, -0.15) is 0 Å². The van der Waals surface area contributed by atoms with E-state index in [1.54, 1.807) is 7.11 Å². The maximum Gasteiger partial charge on any atom is 0.395 e. The SMILES string of the molecule is C[O+]=C(SC)c1cc(C(=O)CBr)cs1. The van der Waals surface area contributed by atoms with Crippen LogP contribution < -0.4 is 0 Å². The summed E-state index contributed by atoms with van der Waals surface area (Å²) in [5, 5.41) is 3.07. The van der Waals surface area contributed by atoms with Crippen LogP contribution in [0.3, 0.4) is 0 Å². The summed E-state index contributed by atoms with van der Waals surface area (Å²) < 4.78 is 5.18. The lowest BCUT2D eigenvalue weighted by molar-refractivity contribution is -0.219. The molecule has 1 rings (SSSR count). The quantitative estimate of drug-likeness (QED) is 0.487. The zero-order valence-electron chi connectivity index (χ0n) is 7.87. The van der Waals surface area contributed by atoms with Crippen molar-refractivity contribution >= 4 is 49.9 Å². The molecule has 0 saturated carbocycles. The van der Waals surface area contributed by atoms with Crippen LogP contribution in [0.2, 0.25) is 0 Å². The van der Waals surface area contributed by atoms with Gasteiger partial charge in [0.2, 0.25) is 0 Å². The molecule has 0 amide bonds. The molecule has 0 atom stereocenters. The molecule has 14 heavy (non-hydrogen) atoms. The first kappa shape index (κ1) is 11.9. The minimum absolute atomic E-state index is 0.101. The van der Waals surface area contributed by atoms with Crippen molar-refractivity contribution in [2.45, 2.75) is 0 Å². The fourth-order valence-electron chi connectivity index (χ4n) is 0.951. The number of carbonyl (C=O) groups is 1. The number of Topliss-reactive ketones (excluding diaryl/α,β-unsaturated/α-hetero) is 1. The number of thiophene rings is 1. The fourth-order valence-corrected chi connectivity index (χ4v) is 2.92. The third kappa shape index (κ3) is 2.68. The van der Waals surface area contributed by atoms with Crippen LogP contribution in [0.1, 0.15) is 19.7 Å². The predicted octanol–water partition coefficient (Wildman–Crippen LogP) is 2.99. The summed E-state index contributed by atoms with van der Waals surface area (Å²) in [7, 11) is 1.64. The molecular formula is C9H10BrO2S2+. The molecule has 76 valence electrons. The van der Waals surface area contributed by atoms with Crippen LogP contribution in [0.4, 0.5) is 0 Å². The summed E-state index contributed by atoms with van der Waals surface area (Å²) >= 11 is 6.21. The Bertz CT molecular complexity index is 357. The average molecular weight is 294 g/mol. The lowest BCUT2D eigenvalue weighted by Crippen LogP contribution is -1.97. The molecule has 0 aliphatic carbocycles. The van der Waals surface area contributed by atoms with Crippen molar-refractivity contribution < 1.29 is 9.22 Å². The first-order valence-corrected chi connectivity index (χ1v) is 7.08. The number of alkyl halides is 1. The second kappa shape index (κ2) is 5.68. The molecule has 0 aliphatic rings. The number of thioether (sulfide) groups is 1. The van der Waals surface area contributed by atoms with Gasteiger partial charge in [0.15, 0.2) is 5.78 Å². The third-order valence-electron chi connectivity index (χ3n) is 1.61. The van der Waals surface area contributed by atoms with Crippen LogP contribution in [0, 0.1) is 0 Å². The maximum absolute atomic E-state index is 11.3. The Balaban J connectivity index is 2.93. The number of hydrogen-bond acceptors (Lipinski definition) is 3. The van der Waals surface area contributed by atoms with Crippen LogP contribution >= 0.6 is 39.0 Å². The highest BCUT2D eigenvalue weighted by atomic mass is 79.9. The summed E-state index contributed by atoms with van der Waals surface area (Å²) in [6, 6.07) is 1.86. The molecule has 0 radical (unpaired) electrons. The summed E-state index contributed by atoms with van der Waals surface area (Å²) in [5.41, 5.74) is 0.741. The van der Waals surface area contributed by atoms with E-state index in [0.29, 0.717) is 5.33 Å². The van der Waals surface area contributed by atoms with Crippen molar-refractivity contribution in [3.8, 4) is 0 Å². The molecule has 0 fully saturated rings. The molecular weight excluding hydrogens is 284 g/mol. The largest absolute Gasteiger partial charge is 0.395 e. The van der Waals surface area contributed by atoms with E-state index in [9.17, 15) is 4.79 Å². The summed E-state index contributed by atoms with van der Waals surface area (Å²) in [5.74, 6) is 0.101. The predicted molar refractivity (Wildman–Crippen MR) is 66.2 cm³/mol. The van der Waals surface area contributed by atoms with Gasteiger partial charge in [-0.25, -0.2) is 4.42 Å². The zero-order chi connectivity index (χ0) is 10.6. The van der Waals surface area contributed by atoms with Gasteiger partial charge >= 0.3 is 5.12 Å². The smallest absolute Gasteiger partial charge is 0.293 e. The lowest BCUT2D eigenvalue weighted by atomic mass is 10.2. The molecule has 5 heteroatoms. The van der Waals surface area contributed by atoms with E-state index in [-0.39, 0.29) is 5.78 Å². The molecule has 0 spiro atoms. The van der Waals surface area contributed by atoms with E-state index >= 15 is 0 Å². The zero-order valence-corrected chi connectivity index (χ0v) is 11.1. The second-order valence-corrected chi connectivity index (χ2v) is 4.70. The van der Waals surface area contributed by atoms with Crippen LogP contribution in [0.25, 0.3) is 0 Å². The normalized spacial score (nSPS) is 11.8. The number of hydrogen-bond donors (Lipinski definition) is 0. The van der Waals surface area contributed by atoms with Crippen molar-refractivity contribution in [3.63, 3.8) is 0 Å². The van der Waals surface area contributed by atoms with Crippen molar-refractivity contribution in [3.05, 3.63) is 21.9 Å². The molecule has 2 nitrogen and oxygen atoms in total. The summed E-state index contributed by atoms with van der Waals surface area (Å²) in [4.78, 5) is 12.3. The third-order valence-corrected chi connectivity index (χ3v) is 3.94. The maximum atomic E-state index is 11.3. The highest BCUT2D eigenvalue weighted by molar-refractivity contribution is 9.09. The van der Waals surface area contributed by atoms with Gasteiger partial charge in [-0.15, -0.1) is 11.3 Å². The molecule has 1 aromatic rings. The molecule has 0 saturated heterocycles. The average Bonchev–Trinajstić information content (AvgIpc) is 2.68. The van der Waals surface area contributed by atoms with Gasteiger partial charge in [-0.05, 0) is 24.1 Å². The first-order valence-electron chi connectivity index (χ1n) is 3.86. The summed E-state index contributed by atoms with van der Waals surface area (Å²) in [6.45, 7) is 0. The second-order valence-electron chi connectivity index (χ2n) is 2.45. The number of ketones is 1. The highest BCUT2D eigenvalue weighted by Gasteiger charge is 2.17. The van der Waals surface area contributed by atoms with Crippen LogP contribution in [-0.2, 0) is 0 Å². The molecule has 1 aromatic heterocycles. The fraction of sp³-hybridized carbons (Fsp3) is 0.333. The Hall–Kier alpha value is -0.130. The van der Waals surface area contributed by atoms with Gasteiger partial charge in [-0.1, -0.05) is 15.9 Å². The van der Waals surface area contributed by atoms with Crippen LogP contribution in [0.15, 0.2) is 11.4 Å². The molecule has 0 aliphatic heterocycles. The van der Waals surface area contributed by atoms with E-state index in [1.165, 1.54) is 23.1 Å². The van der Waals surface area contributed by atoms with E-state index in [0.717, 1.165) is 15.6 Å². The van der Waals surface area contributed by atoms with Crippen LogP contribution in [-0.4, -0.2) is 29.6 Å². The highest BCUT2D eigenvalue weighted by Crippen LogP contribution is 2.20. The monoisotopic (exact) mass is 293 g/mol. The standard InChI is InChI=1S/C9H10BrO2S2/c1-12-9(13-2)8-3-6(5-14-8)7(11)4-10/h3,5H,4H2,1-2H3/q+1. The van der Waals surface area contributed by atoms with Gasteiger partial charge in [0.05, 0.1) is 5.33 Å². The Morgan fingerprint density at radius 1 is 1.71 bits per heavy atom. The minimum Gasteiger partial charge on any atom is -0.293 e. The molecule has 1 heterocycles. The topological polar surface area (TPSA) is 28.4 Å². The molecule has 0 N–H and O–H groups in total. The van der Waals surface area contributed by atoms with Gasteiger partial charge in [0, 0.05) is 10.9 Å². The van der Waals surface area contributed by atoms with E-state index in [2.05, 4.69) is 15.9 Å². The number of halogens is 1. The Morgan fingerprint density at radius 2 is 2.43 bits per heavy atom. The molecule has 0 aromatic carbocycles. The Morgan fingerprint density at radius 3 is 2.93 bits per heavy atom. The molecule has 0 unspecified atom stereocenters. The van der Waals surface area contributed by atoms with Crippen LogP contribution in [0.5, 0.6) is 0 Å². The first-order chi connectivity index (χ1) is 6.72. The van der Waals surface area contributed by atoms with E-state index in [4.69, 9.17) is 4.42 Å². The van der Waals surface area contributed by atoms with Crippen molar-refractivity contribution in [1.29, 1.82) is 0 Å². The van der Waals surface area contributed by atoms with Gasteiger partial charge in [0.1, 0.15) is 4.88 Å². The van der Waals surface area contributed by atoms with Crippen molar-refractivity contribution in [2.75, 3.05) is 18.7 Å². The summed E-state index contributed by atoms with van der Waals surface area (Å²) in [6.07, 6.45) is 1.95. The minimum atomic E-state index is 0.101. The Labute approximate surface area is 99.5 Å². The molecule has 0 bridgehead atoms. The van der Waals surface area contributed by atoms with Crippen molar-refractivity contribution in [1.82, 2.24) is 0 Å². The van der Waals surface area contributed by atoms with E-state index in [1.807, 2.05) is 17.7 Å². The van der Waals surface area contributed by atoms with Gasteiger partial charge in [-0.3, -0.25) is 4.79 Å². The van der Waals surface area contributed by atoms with Gasteiger partial charge in [0.25, 0.3) is 7.11 Å². The number of rotatable bonds is 3. The Kier molecular flexibility index (Phi) is 4.84. The van der Waals surface area contributed by atoms with E-state index < -0.39 is 0 Å². The number of carbonyl (C=O) groups excluding carboxylic acids is 2. The van der Waals surface area contributed by atoms with Gasteiger partial charge < -0.3 is 0 Å². The lowest BCUT2D eigenvalue weighted by Gasteiger charge is -1.87. The van der Waals surface area contributed by atoms with Crippen molar-refractivity contribution in [2.24, 2.45) is 0 Å².